The summed E-state index contributed by atoms with van der Waals surface area (Å²) in [4.78, 5) is 29.1. The fourth-order valence-electron chi connectivity index (χ4n) is 3.60. The lowest BCUT2D eigenvalue weighted by Gasteiger charge is -2.45. The molecule has 0 spiro atoms. The van der Waals surface area contributed by atoms with Crippen molar-refractivity contribution in [3.63, 3.8) is 0 Å². The Morgan fingerprint density at radius 2 is 2.07 bits per heavy atom. The molecule has 2 heterocycles. The van der Waals surface area contributed by atoms with Gasteiger partial charge in [-0.2, -0.15) is 0 Å². The first kappa shape index (κ1) is 23.9. The molecule has 2 fully saturated rings. The van der Waals surface area contributed by atoms with Crippen molar-refractivity contribution >= 4 is 27.9 Å². The standard InChI is InChI=1S/C18H30BrN5O5/c1-3-4-5-6-7-8-9-28-16-18(2,19)15(26)21-17(27)24(16)14-10-12(22-23-20)13(11-25)29-14/h12-14,16,25H,3-11H2,1-2H3,(H,21,26,27)/t12?,13?,14?,16?,18-/m0/s1. The van der Waals surface area contributed by atoms with E-state index in [1.54, 1.807) is 6.92 Å². The SMILES string of the molecule is CCCCCCCCOC1N(C2CC(N=[N+]=[N-])C(CO)O2)C(=O)NC(=O)[C@]1(C)Br. The number of aliphatic hydroxyl groups is 1. The first-order chi connectivity index (χ1) is 13.9. The number of urea groups is 1. The summed E-state index contributed by atoms with van der Waals surface area (Å²) in [5, 5.41) is 15.5. The fourth-order valence-corrected chi connectivity index (χ4v) is 4.05. The van der Waals surface area contributed by atoms with Crippen molar-refractivity contribution in [2.75, 3.05) is 13.2 Å². The highest BCUT2D eigenvalue weighted by molar-refractivity contribution is 9.10. The van der Waals surface area contributed by atoms with Crippen molar-refractivity contribution in [2.24, 2.45) is 5.11 Å². The van der Waals surface area contributed by atoms with E-state index in [9.17, 15) is 14.7 Å². The normalized spacial score (nSPS) is 32.2. The molecule has 5 atom stereocenters. The van der Waals surface area contributed by atoms with Gasteiger partial charge in [-0.25, -0.2) is 4.79 Å². The molecule has 2 aliphatic rings. The van der Waals surface area contributed by atoms with E-state index in [0.717, 1.165) is 19.3 Å². The van der Waals surface area contributed by atoms with Crippen molar-refractivity contribution in [1.82, 2.24) is 10.2 Å². The Balaban J connectivity index is 2.07. The van der Waals surface area contributed by atoms with Gasteiger partial charge < -0.3 is 14.6 Å². The van der Waals surface area contributed by atoms with E-state index in [4.69, 9.17) is 15.0 Å². The predicted molar refractivity (Wildman–Crippen MR) is 109 cm³/mol. The third-order valence-electron chi connectivity index (χ3n) is 5.28. The van der Waals surface area contributed by atoms with Gasteiger partial charge in [0.15, 0.2) is 6.23 Å². The van der Waals surface area contributed by atoms with Crippen LogP contribution in [0.4, 0.5) is 4.79 Å². The zero-order valence-electron chi connectivity index (χ0n) is 16.9. The minimum absolute atomic E-state index is 0.205. The monoisotopic (exact) mass is 475 g/mol. The molecule has 2 saturated heterocycles. The molecule has 2 rings (SSSR count). The number of nitrogens with one attached hydrogen (secondary N) is 1. The molecule has 4 unspecified atom stereocenters. The number of amides is 3. The van der Waals surface area contributed by atoms with Crippen LogP contribution in [0.2, 0.25) is 0 Å². The molecule has 0 saturated carbocycles. The summed E-state index contributed by atoms with van der Waals surface area (Å²) in [6.45, 7) is 3.85. The first-order valence-electron chi connectivity index (χ1n) is 10.1. The van der Waals surface area contributed by atoms with Crippen LogP contribution < -0.4 is 5.32 Å². The predicted octanol–water partition coefficient (Wildman–Crippen LogP) is 3.18. The second kappa shape index (κ2) is 11.1. The lowest BCUT2D eigenvalue weighted by Crippen LogP contribution is -2.69. The zero-order valence-corrected chi connectivity index (χ0v) is 18.5. The topological polar surface area (TPSA) is 137 Å². The van der Waals surface area contributed by atoms with Crippen molar-refractivity contribution in [3.05, 3.63) is 10.4 Å². The van der Waals surface area contributed by atoms with Gasteiger partial charge in [0.05, 0.1) is 18.8 Å². The van der Waals surface area contributed by atoms with E-state index in [1.165, 1.54) is 24.2 Å². The van der Waals surface area contributed by atoms with Crippen LogP contribution in [0.1, 0.15) is 58.8 Å². The third-order valence-corrected chi connectivity index (χ3v) is 6.04. The van der Waals surface area contributed by atoms with Crippen molar-refractivity contribution in [1.29, 1.82) is 0 Å². The van der Waals surface area contributed by atoms with Crippen LogP contribution in [0.5, 0.6) is 0 Å². The van der Waals surface area contributed by atoms with E-state index < -0.39 is 40.9 Å². The smallest absolute Gasteiger partial charge is 0.328 e. The number of aliphatic hydroxyl groups excluding tert-OH is 1. The summed E-state index contributed by atoms with van der Waals surface area (Å²) < 4.78 is 10.6. The van der Waals surface area contributed by atoms with E-state index in [1.807, 2.05) is 0 Å². The molecule has 0 aromatic carbocycles. The number of halogens is 1. The minimum Gasteiger partial charge on any atom is -0.394 e. The maximum atomic E-state index is 12.6. The van der Waals surface area contributed by atoms with Gasteiger partial charge >= 0.3 is 6.03 Å². The van der Waals surface area contributed by atoms with Gasteiger partial charge in [-0.05, 0) is 18.9 Å². The maximum Gasteiger partial charge on any atom is 0.328 e. The highest BCUT2D eigenvalue weighted by Gasteiger charge is 2.54. The third kappa shape index (κ3) is 5.82. The van der Waals surface area contributed by atoms with Gasteiger partial charge in [0, 0.05) is 17.9 Å². The molecule has 0 aromatic rings. The maximum absolute atomic E-state index is 12.6. The molecule has 0 aliphatic carbocycles. The van der Waals surface area contributed by atoms with Crippen molar-refractivity contribution in [2.45, 2.75) is 87.7 Å². The molecular formula is C18H30BrN5O5. The number of hydrogen-bond donors (Lipinski definition) is 2. The van der Waals surface area contributed by atoms with Crippen LogP contribution in [0, 0.1) is 0 Å². The summed E-state index contributed by atoms with van der Waals surface area (Å²) in [5.74, 6) is -0.491. The highest BCUT2D eigenvalue weighted by atomic mass is 79.9. The van der Waals surface area contributed by atoms with Crippen LogP contribution in [-0.2, 0) is 14.3 Å². The summed E-state index contributed by atoms with van der Waals surface area (Å²) >= 11 is 3.40. The molecule has 2 aliphatic heterocycles. The number of rotatable bonds is 11. The van der Waals surface area contributed by atoms with Gasteiger partial charge in [0.25, 0.3) is 0 Å². The molecule has 0 aromatic heterocycles. The van der Waals surface area contributed by atoms with Gasteiger partial charge in [-0.1, -0.05) is 60.1 Å². The summed E-state index contributed by atoms with van der Waals surface area (Å²) in [5.41, 5.74) is 8.73. The summed E-state index contributed by atoms with van der Waals surface area (Å²) in [6.07, 6.45) is 4.32. The summed E-state index contributed by atoms with van der Waals surface area (Å²) in [7, 11) is 0. The number of unbranched alkanes of at least 4 members (excludes halogenated alkanes) is 5. The van der Waals surface area contributed by atoms with Crippen molar-refractivity contribution < 1.29 is 24.2 Å². The number of carbonyl (C=O) groups is 2. The lowest BCUT2D eigenvalue weighted by molar-refractivity contribution is -0.159. The van der Waals surface area contributed by atoms with Crippen LogP contribution in [0.3, 0.4) is 0 Å². The second-order valence-corrected chi connectivity index (χ2v) is 9.20. The molecule has 2 N–H and O–H groups in total. The number of imide groups is 1. The number of carbonyl (C=O) groups excluding carboxylic acids is 2. The van der Waals surface area contributed by atoms with Crippen LogP contribution in [-0.4, -0.2) is 64.1 Å². The molecule has 29 heavy (non-hydrogen) atoms. The molecule has 10 nitrogen and oxygen atoms in total. The highest BCUT2D eigenvalue weighted by Crippen LogP contribution is 2.36. The molecule has 0 bridgehead atoms. The molecule has 11 heteroatoms. The Labute approximate surface area is 179 Å². The number of ether oxygens (including phenoxy) is 2. The Morgan fingerprint density at radius 1 is 1.38 bits per heavy atom. The Morgan fingerprint density at radius 3 is 2.72 bits per heavy atom. The van der Waals surface area contributed by atoms with Gasteiger partial charge in [-0.15, -0.1) is 0 Å². The number of nitrogens with zero attached hydrogens (tertiary/aromatic N) is 4. The van der Waals surface area contributed by atoms with Crippen LogP contribution in [0.15, 0.2) is 5.11 Å². The van der Waals surface area contributed by atoms with E-state index >= 15 is 0 Å². The average molecular weight is 476 g/mol. The molecular weight excluding hydrogens is 446 g/mol. The average Bonchev–Trinajstić information content (AvgIpc) is 3.07. The minimum atomic E-state index is -1.17. The molecule has 164 valence electrons. The van der Waals surface area contributed by atoms with Gasteiger partial charge in [0.1, 0.15) is 10.6 Å². The number of alkyl halides is 1. The molecule has 0 radical (unpaired) electrons. The van der Waals surface area contributed by atoms with E-state index in [-0.39, 0.29) is 13.0 Å². The first-order valence-corrected chi connectivity index (χ1v) is 10.9. The lowest BCUT2D eigenvalue weighted by atomic mass is 10.0. The van der Waals surface area contributed by atoms with Crippen molar-refractivity contribution in [3.8, 4) is 0 Å². The zero-order chi connectivity index (χ0) is 21.4. The Hall–Kier alpha value is -1.39. The Bertz CT molecular complexity index is 628. The van der Waals surface area contributed by atoms with Gasteiger partial charge in [-0.3, -0.25) is 15.0 Å². The second-order valence-electron chi connectivity index (χ2n) is 7.55. The van der Waals surface area contributed by atoms with E-state index in [0.29, 0.717) is 6.61 Å². The van der Waals surface area contributed by atoms with E-state index in [2.05, 4.69) is 38.2 Å². The Kier molecular flexibility index (Phi) is 9.16. The molecule has 3 amide bonds. The summed E-state index contributed by atoms with van der Waals surface area (Å²) in [6, 6.07) is -1.25. The van der Waals surface area contributed by atoms with Crippen LogP contribution in [0.25, 0.3) is 10.4 Å². The number of azide groups is 1. The quantitative estimate of drug-likeness (QED) is 0.155. The van der Waals surface area contributed by atoms with Crippen LogP contribution >= 0.6 is 15.9 Å². The van der Waals surface area contributed by atoms with Gasteiger partial charge in [0.2, 0.25) is 5.91 Å². The fraction of sp³-hybridized carbons (Fsp3) is 0.889. The largest absolute Gasteiger partial charge is 0.394 e. The number of hydrogen-bond acceptors (Lipinski definition) is 6.